The fourth-order valence-electron chi connectivity index (χ4n) is 2.17. The number of carbonyl (C=O) groups is 1. The largest absolute Gasteiger partial charge is 0.337 e. The average Bonchev–Trinajstić information content (AvgIpc) is 2.92. The number of urea groups is 1. The summed E-state index contributed by atoms with van der Waals surface area (Å²) in [4.78, 5) is 18.5. The maximum atomic E-state index is 12.4. The first-order valence-electron chi connectivity index (χ1n) is 8.14. The van der Waals surface area contributed by atoms with Gasteiger partial charge in [0.15, 0.2) is 0 Å². The number of aromatic nitrogens is 2. The first-order chi connectivity index (χ1) is 11.2. The summed E-state index contributed by atoms with van der Waals surface area (Å²) in [6.45, 7) is 12.1. The second-order valence-electron chi connectivity index (χ2n) is 7.28. The molecular formula is C18H26N4O2. The molecule has 2 amide bonds. The maximum absolute atomic E-state index is 12.4. The van der Waals surface area contributed by atoms with Crippen molar-refractivity contribution in [2.24, 2.45) is 0 Å². The SMILES string of the molecule is Cc1ccc(-c2noc(CN(C(=O)NC(C)(C)C)C(C)C)n2)cc1. The number of benzene rings is 1. The molecule has 0 spiro atoms. The van der Waals surface area contributed by atoms with Crippen molar-refractivity contribution < 1.29 is 9.32 Å². The van der Waals surface area contributed by atoms with Crippen LogP contribution in [0.2, 0.25) is 0 Å². The third-order valence-electron chi connectivity index (χ3n) is 3.45. The molecule has 2 rings (SSSR count). The molecule has 0 aliphatic heterocycles. The van der Waals surface area contributed by atoms with Crippen molar-refractivity contribution in [2.75, 3.05) is 0 Å². The van der Waals surface area contributed by atoms with Crippen molar-refractivity contribution in [3.63, 3.8) is 0 Å². The van der Waals surface area contributed by atoms with Gasteiger partial charge in [0.25, 0.3) is 0 Å². The Balaban J connectivity index is 2.13. The summed E-state index contributed by atoms with van der Waals surface area (Å²) in [7, 11) is 0. The monoisotopic (exact) mass is 330 g/mol. The van der Waals surface area contributed by atoms with Gasteiger partial charge >= 0.3 is 6.03 Å². The first-order valence-corrected chi connectivity index (χ1v) is 8.14. The summed E-state index contributed by atoms with van der Waals surface area (Å²) in [5.74, 6) is 0.952. The van der Waals surface area contributed by atoms with E-state index in [0.717, 1.165) is 5.56 Å². The number of hydrogen-bond acceptors (Lipinski definition) is 4. The fourth-order valence-corrected chi connectivity index (χ4v) is 2.17. The number of carbonyl (C=O) groups excluding carboxylic acids is 1. The second kappa shape index (κ2) is 7.03. The normalized spacial score (nSPS) is 11.6. The molecule has 130 valence electrons. The molecule has 6 nitrogen and oxygen atoms in total. The van der Waals surface area contributed by atoms with E-state index in [1.165, 1.54) is 5.56 Å². The van der Waals surface area contributed by atoms with Gasteiger partial charge in [-0.05, 0) is 41.5 Å². The van der Waals surface area contributed by atoms with E-state index >= 15 is 0 Å². The molecule has 0 radical (unpaired) electrons. The van der Waals surface area contributed by atoms with Gasteiger partial charge < -0.3 is 14.7 Å². The van der Waals surface area contributed by atoms with Crippen LogP contribution in [-0.4, -0.2) is 32.7 Å². The van der Waals surface area contributed by atoms with Crippen LogP contribution in [0.1, 0.15) is 46.1 Å². The Morgan fingerprint density at radius 3 is 2.42 bits per heavy atom. The predicted octanol–water partition coefficient (Wildman–Crippen LogP) is 3.76. The number of amides is 2. The van der Waals surface area contributed by atoms with E-state index in [0.29, 0.717) is 11.7 Å². The van der Waals surface area contributed by atoms with Gasteiger partial charge in [-0.2, -0.15) is 4.98 Å². The highest BCUT2D eigenvalue weighted by atomic mass is 16.5. The van der Waals surface area contributed by atoms with E-state index in [2.05, 4.69) is 15.5 Å². The van der Waals surface area contributed by atoms with Crippen LogP contribution in [0.15, 0.2) is 28.8 Å². The van der Waals surface area contributed by atoms with Crippen LogP contribution in [0.25, 0.3) is 11.4 Å². The Morgan fingerprint density at radius 2 is 1.88 bits per heavy atom. The third kappa shape index (κ3) is 4.81. The first kappa shape index (κ1) is 18.0. The van der Waals surface area contributed by atoms with Crippen molar-refractivity contribution in [2.45, 2.75) is 59.7 Å². The molecule has 0 atom stereocenters. The number of aryl methyl sites for hydroxylation is 1. The molecule has 0 saturated heterocycles. The van der Waals surface area contributed by atoms with Crippen molar-refractivity contribution in [1.29, 1.82) is 0 Å². The highest BCUT2D eigenvalue weighted by Crippen LogP contribution is 2.17. The molecule has 0 saturated carbocycles. The quantitative estimate of drug-likeness (QED) is 0.926. The second-order valence-corrected chi connectivity index (χ2v) is 7.28. The minimum atomic E-state index is -0.299. The van der Waals surface area contributed by atoms with Crippen molar-refractivity contribution in [3.8, 4) is 11.4 Å². The van der Waals surface area contributed by atoms with Crippen LogP contribution >= 0.6 is 0 Å². The van der Waals surface area contributed by atoms with Crippen LogP contribution in [0.3, 0.4) is 0 Å². The summed E-state index contributed by atoms with van der Waals surface area (Å²) >= 11 is 0. The Kier molecular flexibility index (Phi) is 5.26. The van der Waals surface area contributed by atoms with Crippen LogP contribution in [0.4, 0.5) is 4.79 Å². The lowest BCUT2D eigenvalue weighted by molar-refractivity contribution is 0.161. The van der Waals surface area contributed by atoms with Crippen molar-refractivity contribution in [3.05, 3.63) is 35.7 Å². The molecule has 0 bridgehead atoms. The van der Waals surface area contributed by atoms with E-state index in [-0.39, 0.29) is 24.2 Å². The van der Waals surface area contributed by atoms with Crippen LogP contribution in [0, 0.1) is 6.92 Å². The highest BCUT2D eigenvalue weighted by molar-refractivity contribution is 5.75. The Labute approximate surface area is 143 Å². The molecule has 0 fully saturated rings. The van der Waals surface area contributed by atoms with Gasteiger partial charge in [-0.1, -0.05) is 35.0 Å². The Morgan fingerprint density at radius 1 is 1.25 bits per heavy atom. The minimum Gasteiger partial charge on any atom is -0.337 e. The average molecular weight is 330 g/mol. The van der Waals surface area contributed by atoms with E-state index < -0.39 is 0 Å². The highest BCUT2D eigenvalue weighted by Gasteiger charge is 2.24. The van der Waals surface area contributed by atoms with Crippen LogP contribution in [-0.2, 0) is 6.54 Å². The molecule has 0 aliphatic rings. The standard InChI is InChI=1S/C18H26N4O2/c1-12(2)22(17(23)20-18(4,5)6)11-15-19-16(21-24-15)14-9-7-13(3)8-10-14/h7-10,12H,11H2,1-6H3,(H,20,23). The van der Waals surface area contributed by atoms with Gasteiger partial charge in [-0.15, -0.1) is 0 Å². The lowest BCUT2D eigenvalue weighted by Gasteiger charge is -2.30. The zero-order chi connectivity index (χ0) is 17.9. The molecule has 1 heterocycles. The van der Waals surface area contributed by atoms with Gasteiger partial charge in [0.1, 0.15) is 6.54 Å². The number of nitrogens with zero attached hydrogens (tertiary/aromatic N) is 3. The van der Waals surface area contributed by atoms with Gasteiger partial charge in [-0.25, -0.2) is 4.79 Å². The zero-order valence-electron chi connectivity index (χ0n) is 15.3. The summed E-state index contributed by atoms with van der Waals surface area (Å²) in [5, 5.41) is 6.98. The van der Waals surface area contributed by atoms with Gasteiger partial charge in [-0.3, -0.25) is 0 Å². The van der Waals surface area contributed by atoms with Gasteiger partial charge in [0.2, 0.25) is 11.7 Å². The summed E-state index contributed by atoms with van der Waals surface area (Å²) in [6, 6.07) is 7.78. The molecule has 0 aliphatic carbocycles. The van der Waals surface area contributed by atoms with E-state index in [1.807, 2.05) is 65.8 Å². The number of nitrogens with one attached hydrogen (secondary N) is 1. The molecule has 0 unspecified atom stereocenters. The van der Waals surface area contributed by atoms with Crippen LogP contribution < -0.4 is 5.32 Å². The van der Waals surface area contributed by atoms with E-state index in [1.54, 1.807) is 4.90 Å². The smallest absolute Gasteiger partial charge is 0.318 e. The topological polar surface area (TPSA) is 71.3 Å². The minimum absolute atomic E-state index is 0.0158. The fraction of sp³-hybridized carbons (Fsp3) is 0.500. The Bertz CT molecular complexity index is 684. The third-order valence-corrected chi connectivity index (χ3v) is 3.45. The lowest BCUT2D eigenvalue weighted by atomic mass is 10.1. The number of rotatable bonds is 4. The molecule has 1 aromatic heterocycles. The lowest BCUT2D eigenvalue weighted by Crippen LogP contribution is -2.50. The molecule has 2 aromatic rings. The molecule has 24 heavy (non-hydrogen) atoms. The Hall–Kier alpha value is -2.37. The predicted molar refractivity (Wildman–Crippen MR) is 93.4 cm³/mol. The van der Waals surface area contributed by atoms with Crippen molar-refractivity contribution in [1.82, 2.24) is 20.4 Å². The summed E-state index contributed by atoms with van der Waals surface area (Å²) in [6.07, 6.45) is 0. The number of hydrogen-bond donors (Lipinski definition) is 1. The van der Waals surface area contributed by atoms with Gasteiger partial charge in [0.05, 0.1) is 0 Å². The van der Waals surface area contributed by atoms with Crippen LogP contribution in [0.5, 0.6) is 0 Å². The van der Waals surface area contributed by atoms with E-state index in [9.17, 15) is 4.79 Å². The summed E-state index contributed by atoms with van der Waals surface area (Å²) in [5.41, 5.74) is 1.77. The molecule has 1 N–H and O–H groups in total. The van der Waals surface area contributed by atoms with Gasteiger partial charge in [0, 0.05) is 17.1 Å². The molecule has 1 aromatic carbocycles. The summed E-state index contributed by atoms with van der Waals surface area (Å²) < 4.78 is 5.33. The molecular weight excluding hydrogens is 304 g/mol. The molecule has 6 heteroatoms. The van der Waals surface area contributed by atoms with E-state index in [4.69, 9.17) is 4.52 Å². The maximum Gasteiger partial charge on any atom is 0.318 e. The van der Waals surface area contributed by atoms with Crippen molar-refractivity contribution >= 4 is 6.03 Å². The zero-order valence-corrected chi connectivity index (χ0v) is 15.3.